The average molecular weight is 402 g/mol. The third kappa shape index (κ3) is 4.12. The third-order valence-electron chi connectivity index (χ3n) is 5.16. The number of aromatic nitrogens is 2. The Morgan fingerprint density at radius 3 is 2.69 bits per heavy atom. The number of nitrogens with zero attached hydrogens (tertiary/aromatic N) is 1. The third-order valence-corrected chi connectivity index (χ3v) is 5.16. The quantitative estimate of drug-likeness (QED) is 0.653. The van der Waals surface area contributed by atoms with Gasteiger partial charge < -0.3 is 24.3 Å². The van der Waals surface area contributed by atoms with Gasteiger partial charge in [-0.05, 0) is 41.5 Å². The Hall–Kier alpha value is -2.87. The van der Waals surface area contributed by atoms with Crippen LogP contribution >= 0.6 is 0 Å². The maximum Gasteiger partial charge on any atom is 0.341 e. The number of carboxylic acids is 1. The molecule has 1 aliphatic rings. The van der Waals surface area contributed by atoms with Gasteiger partial charge in [0, 0.05) is 20.1 Å². The van der Waals surface area contributed by atoms with Gasteiger partial charge in [-0.1, -0.05) is 13.8 Å². The maximum atomic E-state index is 12.3. The first kappa shape index (κ1) is 20.9. The molecule has 2 aromatic heterocycles. The molecular weight excluding hydrogens is 376 g/mol. The van der Waals surface area contributed by atoms with Gasteiger partial charge in [0.25, 0.3) is 11.4 Å². The van der Waals surface area contributed by atoms with Crippen LogP contribution in [0.15, 0.2) is 16.9 Å². The average Bonchev–Trinajstić information content (AvgIpc) is 2.69. The molecular formula is C21H26N2O6. The lowest BCUT2D eigenvalue weighted by Gasteiger charge is -2.30. The van der Waals surface area contributed by atoms with Crippen LogP contribution in [0.3, 0.4) is 0 Å². The molecule has 2 aromatic rings. The molecule has 0 aliphatic heterocycles. The van der Waals surface area contributed by atoms with E-state index in [1.807, 2.05) is 6.07 Å². The molecule has 2 heterocycles. The molecule has 0 spiro atoms. The van der Waals surface area contributed by atoms with Gasteiger partial charge in [-0.3, -0.25) is 4.79 Å². The van der Waals surface area contributed by atoms with Crippen molar-refractivity contribution in [1.82, 2.24) is 9.97 Å². The number of hydrogen-bond acceptors (Lipinski definition) is 6. The Morgan fingerprint density at radius 2 is 2.07 bits per heavy atom. The van der Waals surface area contributed by atoms with Crippen LogP contribution in [0.1, 0.15) is 47.7 Å². The lowest BCUT2D eigenvalue weighted by molar-refractivity contribution is 0.0694. The molecule has 0 saturated carbocycles. The topological polar surface area (TPSA) is 111 Å². The molecule has 1 atom stereocenters. The number of carbonyl (C=O) groups is 1. The van der Waals surface area contributed by atoms with E-state index in [0.29, 0.717) is 42.7 Å². The van der Waals surface area contributed by atoms with E-state index in [1.165, 1.54) is 13.2 Å². The van der Waals surface area contributed by atoms with Gasteiger partial charge in [-0.25, -0.2) is 9.78 Å². The second kappa shape index (κ2) is 8.65. The van der Waals surface area contributed by atoms with Crippen LogP contribution in [0, 0.1) is 5.92 Å². The van der Waals surface area contributed by atoms with E-state index in [1.54, 1.807) is 7.11 Å². The Labute approximate surface area is 168 Å². The number of methoxy groups -OCH3 is 2. The molecule has 1 aliphatic carbocycles. The molecule has 0 amide bonds. The summed E-state index contributed by atoms with van der Waals surface area (Å²) in [5.41, 5.74) is 1.94. The van der Waals surface area contributed by atoms with Crippen LogP contribution in [0.4, 0.5) is 0 Å². The van der Waals surface area contributed by atoms with Gasteiger partial charge in [0.2, 0.25) is 0 Å². The predicted molar refractivity (Wildman–Crippen MR) is 107 cm³/mol. The van der Waals surface area contributed by atoms with Gasteiger partial charge in [-0.2, -0.15) is 0 Å². The molecule has 0 radical (unpaired) electrons. The molecule has 8 nitrogen and oxygen atoms in total. The maximum absolute atomic E-state index is 12.3. The first-order chi connectivity index (χ1) is 13.9. The highest BCUT2D eigenvalue weighted by molar-refractivity contribution is 5.88. The van der Waals surface area contributed by atoms with Crippen molar-refractivity contribution in [3.05, 3.63) is 39.2 Å². The van der Waals surface area contributed by atoms with Crippen molar-refractivity contribution in [3.63, 3.8) is 0 Å². The lowest BCUT2D eigenvalue weighted by atomic mass is 9.77. The zero-order valence-electron chi connectivity index (χ0n) is 17.1. The molecule has 3 rings (SSSR count). The van der Waals surface area contributed by atoms with E-state index in [2.05, 4.69) is 23.8 Å². The van der Waals surface area contributed by atoms with E-state index in [0.717, 1.165) is 17.5 Å². The van der Waals surface area contributed by atoms with Crippen molar-refractivity contribution in [3.8, 4) is 23.0 Å². The largest absolute Gasteiger partial charge is 0.488 e. The van der Waals surface area contributed by atoms with Crippen molar-refractivity contribution in [1.29, 1.82) is 0 Å². The standard InChI is InChI=1S/C21H26N2O6/c1-11(2)13-8-12-9-16(29-7-5-6-27-3)20(28-4)23-17(12)18-14(13)10-15(21(25)26)19(24)22-18/h9-11,13H,5-8H2,1-4H3,(H,22,24)(H,25,26). The van der Waals surface area contributed by atoms with Crippen molar-refractivity contribution in [2.45, 2.75) is 32.6 Å². The predicted octanol–water partition coefficient (Wildman–Crippen LogP) is 2.85. The minimum Gasteiger partial charge on any atom is -0.488 e. The Bertz CT molecular complexity index is 966. The SMILES string of the molecule is COCCCOc1cc2c(nc1OC)-c1[nH]c(=O)c(C(=O)O)cc1C(C(C)C)C2. The molecule has 2 N–H and O–H groups in total. The van der Waals surface area contributed by atoms with Crippen LogP contribution < -0.4 is 15.0 Å². The molecule has 0 saturated heterocycles. The summed E-state index contributed by atoms with van der Waals surface area (Å²) in [6, 6.07) is 3.38. The summed E-state index contributed by atoms with van der Waals surface area (Å²) in [7, 11) is 3.15. The highest BCUT2D eigenvalue weighted by Crippen LogP contribution is 2.43. The zero-order chi connectivity index (χ0) is 21.1. The van der Waals surface area contributed by atoms with Crippen molar-refractivity contribution in [2.75, 3.05) is 27.4 Å². The first-order valence-corrected chi connectivity index (χ1v) is 9.57. The second-order valence-corrected chi connectivity index (χ2v) is 7.40. The fourth-order valence-electron chi connectivity index (χ4n) is 3.66. The summed E-state index contributed by atoms with van der Waals surface area (Å²) in [4.78, 5) is 31.1. The van der Waals surface area contributed by atoms with Crippen LogP contribution in [0.25, 0.3) is 11.4 Å². The monoisotopic (exact) mass is 402 g/mol. The van der Waals surface area contributed by atoms with Crippen molar-refractivity contribution in [2.24, 2.45) is 5.92 Å². The first-order valence-electron chi connectivity index (χ1n) is 9.57. The number of pyridine rings is 2. The molecule has 29 heavy (non-hydrogen) atoms. The molecule has 8 heteroatoms. The van der Waals surface area contributed by atoms with Gasteiger partial charge in [0.1, 0.15) is 5.56 Å². The van der Waals surface area contributed by atoms with E-state index in [-0.39, 0.29) is 17.4 Å². The minimum absolute atomic E-state index is 0.0454. The summed E-state index contributed by atoms with van der Waals surface area (Å²) in [5, 5.41) is 9.35. The molecule has 0 bridgehead atoms. The van der Waals surface area contributed by atoms with Crippen molar-refractivity contribution >= 4 is 5.97 Å². The fourth-order valence-corrected chi connectivity index (χ4v) is 3.66. The minimum atomic E-state index is -1.24. The second-order valence-electron chi connectivity index (χ2n) is 7.40. The molecule has 0 fully saturated rings. The summed E-state index contributed by atoms with van der Waals surface area (Å²) in [5.74, 6) is -0.101. The Morgan fingerprint density at radius 1 is 1.31 bits per heavy atom. The summed E-state index contributed by atoms with van der Waals surface area (Å²) in [6.07, 6.45) is 1.40. The van der Waals surface area contributed by atoms with Gasteiger partial charge in [0.05, 0.1) is 25.1 Å². The number of hydrogen-bond donors (Lipinski definition) is 2. The zero-order valence-corrected chi connectivity index (χ0v) is 17.1. The number of rotatable bonds is 8. The highest BCUT2D eigenvalue weighted by Gasteiger charge is 2.31. The van der Waals surface area contributed by atoms with Crippen LogP contribution in [0.5, 0.6) is 11.6 Å². The van der Waals surface area contributed by atoms with Crippen molar-refractivity contribution < 1.29 is 24.1 Å². The molecule has 0 aromatic carbocycles. The Kier molecular flexibility index (Phi) is 6.22. The highest BCUT2D eigenvalue weighted by atomic mass is 16.5. The summed E-state index contributed by atoms with van der Waals surface area (Å²) >= 11 is 0. The molecule has 1 unspecified atom stereocenters. The Balaban J connectivity index is 2.10. The van der Waals surface area contributed by atoms with Crippen LogP contribution in [-0.4, -0.2) is 48.5 Å². The van der Waals surface area contributed by atoms with E-state index in [9.17, 15) is 14.7 Å². The van der Waals surface area contributed by atoms with Gasteiger partial charge >= 0.3 is 5.97 Å². The summed E-state index contributed by atoms with van der Waals surface area (Å²) < 4.78 is 16.3. The number of H-pyrrole nitrogens is 1. The van der Waals surface area contributed by atoms with E-state index in [4.69, 9.17) is 14.2 Å². The number of fused-ring (bicyclic) bond motifs is 3. The molecule has 156 valence electrons. The number of aromatic carboxylic acids is 1. The van der Waals surface area contributed by atoms with Gasteiger partial charge in [-0.15, -0.1) is 0 Å². The van der Waals surface area contributed by atoms with Crippen LogP contribution in [-0.2, 0) is 11.2 Å². The van der Waals surface area contributed by atoms with E-state index < -0.39 is 11.5 Å². The summed E-state index contributed by atoms with van der Waals surface area (Å²) in [6.45, 7) is 5.21. The van der Waals surface area contributed by atoms with Gasteiger partial charge in [0.15, 0.2) is 5.75 Å². The number of ether oxygens (including phenoxy) is 3. The van der Waals surface area contributed by atoms with E-state index >= 15 is 0 Å². The number of nitrogens with one attached hydrogen (secondary N) is 1. The number of aromatic amines is 1. The number of carboxylic acid groups (broad SMARTS) is 1. The van der Waals surface area contributed by atoms with Crippen LogP contribution in [0.2, 0.25) is 0 Å². The smallest absolute Gasteiger partial charge is 0.341 e. The lowest BCUT2D eigenvalue weighted by Crippen LogP contribution is -2.25. The fraction of sp³-hybridized carbons (Fsp3) is 0.476. The normalized spacial score (nSPS) is 15.0.